The van der Waals surface area contributed by atoms with Crippen LogP contribution in [0.4, 0.5) is 18.0 Å². The highest BCUT2D eigenvalue weighted by molar-refractivity contribution is 7.07. The Hall–Kier alpha value is -4.97. The number of hydrogen-bond donors (Lipinski definition) is 1. The van der Waals surface area contributed by atoms with Crippen LogP contribution in [-0.2, 0) is 0 Å². The van der Waals surface area contributed by atoms with Gasteiger partial charge >= 0.3 is 12.4 Å². The molecule has 12 heteroatoms. The number of nitrogens with one attached hydrogen (secondary N) is 1. The third-order valence-electron chi connectivity index (χ3n) is 7.73. The molecular formula is C34H31F3N6O2S. The first-order chi connectivity index (χ1) is 21.9. The molecule has 1 aliphatic rings. The van der Waals surface area contributed by atoms with Gasteiger partial charge in [-0.15, -0.1) is 29.6 Å². The van der Waals surface area contributed by atoms with Gasteiger partial charge in [0.2, 0.25) is 0 Å². The number of amides is 2. The Balaban J connectivity index is 1.19. The number of carbonyl (C=O) groups is 1. The third-order valence-corrected chi connectivity index (χ3v) is 8.67. The highest BCUT2D eigenvalue weighted by Crippen LogP contribution is 2.33. The maximum absolute atomic E-state index is 13.2. The number of thiazole rings is 1. The SMILES string of the molecule is Cc1cc(C)c(-n2c(C)cs/c2=N\C(=O)NC2=C(c3ccc(-c4ncn(-c5ccc(OC(F)(F)F)cc5)n4)cc3)CCC2)c(C)c1. The van der Waals surface area contributed by atoms with Gasteiger partial charge in [-0.25, -0.2) is 14.5 Å². The molecular weight excluding hydrogens is 613 g/mol. The van der Waals surface area contributed by atoms with E-state index in [2.05, 4.69) is 58.0 Å². The third kappa shape index (κ3) is 6.66. The van der Waals surface area contributed by atoms with Crippen molar-refractivity contribution >= 4 is 22.9 Å². The summed E-state index contributed by atoms with van der Waals surface area (Å²) in [5.74, 6) is 0.156. The van der Waals surface area contributed by atoms with E-state index in [9.17, 15) is 18.0 Å². The lowest BCUT2D eigenvalue weighted by atomic mass is 10.0. The van der Waals surface area contributed by atoms with Crippen molar-refractivity contribution in [3.8, 4) is 28.5 Å². The topological polar surface area (TPSA) is 86.3 Å². The van der Waals surface area contributed by atoms with Gasteiger partial charge < -0.3 is 10.1 Å². The Kier molecular flexibility index (Phi) is 8.39. The van der Waals surface area contributed by atoms with Crippen molar-refractivity contribution in [2.24, 2.45) is 4.99 Å². The standard InChI is InChI=1S/C34H31F3N6O2S/c1-20-16-21(2)30(22(3)17-20)43-23(4)18-46-33(43)40-32(44)39-29-7-5-6-28(29)24-8-10-25(11-9-24)31-38-19-42(41-31)26-12-14-27(15-13-26)45-34(35,36)37/h8-19H,5-7H2,1-4H3,(H,39,44)/b40-33-. The van der Waals surface area contributed by atoms with Crippen LogP contribution in [0.3, 0.4) is 0 Å². The molecule has 0 saturated heterocycles. The fourth-order valence-corrected chi connectivity index (χ4v) is 6.71. The van der Waals surface area contributed by atoms with Gasteiger partial charge in [-0.2, -0.15) is 4.99 Å². The lowest BCUT2D eigenvalue weighted by Gasteiger charge is -2.14. The normalized spacial score (nSPS) is 13.8. The second-order valence-electron chi connectivity index (χ2n) is 11.2. The lowest BCUT2D eigenvalue weighted by molar-refractivity contribution is -0.274. The summed E-state index contributed by atoms with van der Waals surface area (Å²) in [5.41, 5.74) is 9.74. The zero-order valence-corrected chi connectivity index (χ0v) is 26.5. The van der Waals surface area contributed by atoms with E-state index in [1.54, 1.807) is 0 Å². The molecule has 0 saturated carbocycles. The molecule has 0 unspecified atom stereocenters. The number of hydrogen-bond acceptors (Lipinski definition) is 5. The number of alkyl halides is 3. The van der Waals surface area contributed by atoms with Gasteiger partial charge in [-0.05, 0) is 93.5 Å². The van der Waals surface area contributed by atoms with Crippen LogP contribution in [0.2, 0.25) is 0 Å². The number of urea groups is 1. The van der Waals surface area contributed by atoms with Gasteiger partial charge in [-0.1, -0.05) is 42.0 Å². The Morgan fingerprint density at radius 3 is 2.30 bits per heavy atom. The molecule has 0 aliphatic heterocycles. The van der Waals surface area contributed by atoms with E-state index < -0.39 is 12.4 Å². The first kappa shape index (κ1) is 31.0. The van der Waals surface area contributed by atoms with Crippen LogP contribution in [-0.4, -0.2) is 31.7 Å². The smallest absolute Gasteiger partial charge is 0.406 e. The first-order valence-corrected chi connectivity index (χ1v) is 15.5. The first-order valence-electron chi connectivity index (χ1n) is 14.7. The molecule has 0 bridgehead atoms. The van der Waals surface area contributed by atoms with E-state index in [0.29, 0.717) is 16.3 Å². The number of aryl methyl sites for hydroxylation is 4. The fourth-order valence-electron chi connectivity index (χ4n) is 5.85. The summed E-state index contributed by atoms with van der Waals surface area (Å²) in [5, 5.41) is 9.54. The number of rotatable bonds is 6. The fraction of sp³-hybridized carbons (Fsp3) is 0.235. The van der Waals surface area contributed by atoms with Crippen molar-refractivity contribution in [1.29, 1.82) is 0 Å². The molecule has 6 rings (SSSR count). The van der Waals surface area contributed by atoms with Crippen LogP contribution in [0.5, 0.6) is 5.75 Å². The van der Waals surface area contributed by atoms with Gasteiger partial charge in [0, 0.05) is 22.3 Å². The number of ether oxygens (including phenoxy) is 1. The summed E-state index contributed by atoms with van der Waals surface area (Å²) in [6.07, 6.45) is -0.755. The van der Waals surface area contributed by atoms with E-state index >= 15 is 0 Å². The van der Waals surface area contributed by atoms with Crippen molar-refractivity contribution in [2.45, 2.75) is 53.3 Å². The number of allylic oxidation sites excluding steroid dienone is 2. The average Bonchev–Trinajstić information content (AvgIpc) is 3.74. The quantitative estimate of drug-likeness (QED) is 0.202. The van der Waals surface area contributed by atoms with Crippen molar-refractivity contribution in [2.75, 3.05) is 0 Å². The van der Waals surface area contributed by atoms with Crippen LogP contribution in [0.25, 0.3) is 28.3 Å². The maximum Gasteiger partial charge on any atom is 0.573 e. The van der Waals surface area contributed by atoms with Crippen molar-refractivity contribution in [3.63, 3.8) is 0 Å². The molecule has 46 heavy (non-hydrogen) atoms. The molecule has 1 N–H and O–H groups in total. The number of nitrogens with zero attached hydrogens (tertiary/aromatic N) is 5. The number of halogens is 3. The highest BCUT2D eigenvalue weighted by Gasteiger charge is 2.31. The summed E-state index contributed by atoms with van der Waals surface area (Å²) >= 11 is 1.44. The van der Waals surface area contributed by atoms with Crippen molar-refractivity contribution in [3.05, 3.63) is 111 Å². The number of carbonyl (C=O) groups excluding carboxylic acids is 1. The summed E-state index contributed by atoms with van der Waals surface area (Å²) in [6.45, 7) is 8.24. The molecule has 0 atom stereocenters. The zero-order valence-electron chi connectivity index (χ0n) is 25.6. The minimum absolute atomic E-state index is 0.310. The van der Waals surface area contributed by atoms with Gasteiger partial charge in [-0.3, -0.25) is 4.57 Å². The van der Waals surface area contributed by atoms with E-state index in [4.69, 9.17) is 0 Å². The molecule has 3 aromatic carbocycles. The summed E-state index contributed by atoms with van der Waals surface area (Å²) in [7, 11) is 0. The van der Waals surface area contributed by atoms with Gasteiger partial charge in [0.15, 0.2) is 10.6 Å². The summed E-state index contributed by atoms with van der Waals surface area (Å²) in [4.78, 5) is 22.7. The molecule has 0 fully saturated rings. The number of benzene rings is 3. The van der Waals surface area contributed by atoms with Gasteiger partial charge in [0.05, 0.1) is 11.4 Å². The molecule has 8 nitrogen and oxygen atoms in total. The molecule has 5 aromatic rings. The van der Waals surface area contributed by atoms with Crippen LogP contribution in [0.15, 0.2) is 83.1 Å². The Morgan fingerprint density at radius 2 is 1.63 bits per heavy atom. The van der Waals surface area contributed by atoms with Gasteiger partial charge in [0.1, 0.15) is 12.1 Å². The van der Waals surface area contributed by atoms with Crippen LogP contribution in [0.1, 0.15) is 47.2 Å². The van der Waals surface area contributed by atoms with Crippen LogP contribution in [0, 0.1) is 27.7 Å². The zero-order chi connectivity index (χ0) is 32.6. The maximum atomic E-state index is 13.2. The van der Waals surface area contributed by atoms with E-state index in [1.165, 1.54) is 52.2 Å². The molecule has 1 aliphatic carbocycles. The molecule has 236 valence electrons. The minimum Gasteiger partial charge on any atom is -0.406 e. The van der Waals surface area contributed by atoms with Crippen molar-refractivity contribution < 1.29 is 22.7 Å². The molecule has 0 radical (unpaired) electrons. The summed E-state index contributed by atoms with van der Waals surface area (Å²) in [6, 6.07) is 17.0. The van der Waals surface area contributed by atoms with Crippen molar-refractivity contribution in [1.82, 2.24) is 24.6 Å². The highest BCUT2D eigenvalue weighted by atomic mass is 32.1. The number of aromatic nitrogens is 4. The Labute approximate surface area is 267 Å². The lowest BCUT2D eigenvalue weighted by Crippen LogP contribution is -2.24. The van der Waals surface area contributed by atoms with Crippen LogP contribution < -0.4 is 14.9 Å². The monoisotopic (exact) mass is 644 g/mol. The summed E-state index contributed by atoms with van der Waals surface area (Å²) < 4.78 is 44.9. The Morgan fingerprint density at radius 1 is 0.957 bits per heavy atom. The average molecular weight is 645 g/mol. The molecule has 2 heterocycles. The molecule has 2 aromatic heterocycles. The largest absolute Gasteiger partial charge is 0.573 e. The predicted octanol–water partition coefficient (Wildman–Crippen LogP) is 8.12. The van der Waals surface area contributed by atoms with E-state index in [0.717, 1.165) is 64.2 Å². The van der Waals surface area contributed by atoms with Crippen LogP contribution >= 0.6 is 11.3 Å². The second kappa shape index (κ2) is 12.4. The van der Waals surface area contributed by atoms with E-state index in [-0.39, 0.29) is 5.75 Å². The minimum atomic E-state index is -4.75. The Bertz CT molecular complexity index is 2000. The molecule has 0 spiro atoms. The molecule has 2 amide bonds. The second-order valence-corrected chi connectivity index (χ2v) is 12.1. The van der Waals surface area contributed by atoms with E-state index in [1.807, 2.05) is 41.1 Å². The van der Waals surface area contributed by atoms with Gasteiger partial charge in [0.25, 0.3) is 0 Å². The predicted molar refractivity (Wildman–Crippen MR) is 171 cm³/mol.